The van der Waals surface area contributed by atoms with Crippen molar-refractivity contribution in [1.82, 2.24) is 9.55 Å². The lowest BCUT2D eigenvalue weighted by Gasteiger charge is -2.16. The molecule has 156 valence electrons. The van der Waals surface area contributed by atoms with E-state index in [1.165, 1.54) is 28.8 Å². The summed E-state index contributed by atoms with van der Waals surface area (Å²) in [6.07, 6.45) is 0.751. The van der Waals surface area contributed by atoms with Gasteiger partial charge in [-0.25, -0.2) is 9.18 Å². The highest BCUT2D eigenvalue weighted by Gasteiger charge is 2.18. The fraction of sp³-hybridized carbons (Fsp3) is 0.160. The maximum Gasteiger partial charge on any atom is 0.328 e. The molecule has 1 N–H and O–H groups in total. The molecule has 4 aromatic rings. The van der Waals surface area contributed by atoms with E-state index in [0.29, 0.717) is 29.7 Å². The van der Waals surface area contributed by atoms with E-state index >= 15 is 0 Å². The minimum absolute atomic E-state index is 0.242. The van der Waals surface area contributed by atoms with Crippen molar-refractivity contribution in [2.24, 2.45) is 0 Å². The lowest BCUT2D eigenvalue weighted by molar-refractivity contribution is 0.0969. The highest BCUT2D eigenvalue weighted by molar-refractivity contribution is 5.96. The molecule has 1 aromatic heterocycles. The number of aromatic amines is 1. The molecule has 0 atom stereocenters. The molecule has 31 heavy (non-hydrogen) atoms. The van der Waals surface area contributed by atoms with Gasteiger partial charge in [-0.15, -0.1) is 0 Å². The van der Waals surface area contributed by atoms with Crippen LogP contribution >= 0.6 is 0 Å². The Labute approximate surface area is 177 Å². The number of nitrogens with zero attached hydrogens (tertiary/aromatic N) is 1. The second-order valence-corrected chi connectivity index (χ2v) is 7.37. The van der Waals surface area contributed by atoms with Crippen molar-refractivity contribution in [3.63, 3.8) is 0 Å². The third kappa shape index (κ3) is 4.10. The third-order valence-corrected chi connectivity index (χ3v) is 5.47. The number of carbonyl (C=O) groups excluding carboxylic acids is 1. The maximum absolute atomic E-state index is 13.2. The van der Waals surface area contributed by atoms with Gasteiger partial charge in [0, 0.05) is 23.2 Å². The molecule has 0 saturated heterocycles. The lowest BCUT2D eigenvalue weighted by atomic mass is 9.98. The summed E-state index contributed by atoms with van der Waals surface area (Å²) in [7, 11) is 0. The minimum Gasteiger partial charge on any atom is -0.292 e. The van der Waals surface area contributed by atoms with Gasteiger partial charge in [0.05, 0.1) is 6.54 Å². The van der Waals surface area contributed by atoms with Crippen LogP contribution < -0.4 is 11.2 Å². The van der Waals surface area contributed by atoms with Gasteiger partial charge in [0.15, 0.2) is 5.78 Å². The van der Waals surface area contributed by atoms with Crippen LogP contribution in [0.4, 0.5) is 4.39 Å². The number of carbonyl (C=O) groups is 1. The van der Waals surface area contributed by atoms with E-state index in [9.17, 15) is 18.8 Å². The van der Waals surface area contributed by atoms with E-state index in [0.717, 1.165) is 16.3 Å². The number of fused-ring (bicyclic) bond motifs is 1. The summed E-state index contributed by atoms with van der Waals surface area (Å²) in [5.41, 5.74) is 1.18. The first-order valence-corrected chi connectivity index (χ1v) is 10.1. The summed E-state index contributed by atoms with van der Waals surface area (Å²) in [6, 6.07) is 19.0. The highest BCUT2D eigenvalue weighted by atomic mass is 19.1. The van der Waals surface area contributed by atoms with Crippen LogP contribution in [0.25, 0.3) is 10.8 Å². The van der Waals surface area contributed by atoms with Crippen molar-refractivity contribution < 1.29 is 9.18 Å². The predicted octanol–water partition coefficient (Wildman–Crippen LogP) is 3.87. The molecule has 0 aliphatic heterocycles. The fourth-order valence-corrected chi connectivity index (χ4v) is 3.89. The van der Waals surface area contributed by atoms with Gasteiger partial charge in [0.25, 0.3) is 5.56 Å². The second kappa shape index (κ2) is 8.52. The van der Waals surface area contributed by atoms with E-state index in [2.05, 4.69) is 4.98 Å². The van der Waals surface area contributed by atoms with Crippen LogP contribution in [0.2, 0.25) is 0 Å². The monoisotopic (exact) mass is 416 g/mol. The SMILES string of the molecule is CCc1c(Cc2cccc3ccccc23)n(CC(=O)c2ccc(F)cc2)c(=O)[nH]c1=O. The molecule has 0 spiro atoms. The Kier molecular flexibility index (Phi) is 5.62. The largest absolute Gasteiger partial charge is 0.328 e. The van der Waals surface area contributed by atoms with E-state index in [-0.39, 0.29) is 12.3 Å². The number of Topliss-reactive ketones (excluding diaryl/α,β-unsaturated/α-hetero) is 1. The van der Waals surface area contributed by atoms with Crippen molar-refractivity contribution in [2.45, 2.75) is 26.3 Å². The van der Waals surface area contributed by atoms with Crippen LogP contribution in [0.5, 0.6) is 0 Å². The number of H-pyrrole nitrogens is 1. The summed E-state index contributed by atoms with van der Waals surface area (Å²) >= 11 is 0. The molecule has 0 aliphatic rings. The highest BCUT2D eigenvalue weighted by Crippen LogP contribution is 2.22. The summed E-state index contributed by atoms with van der Waals surface area (Å²) in [6.45, 7) is 1.60. The molecule has 0 unspecified atom stereocenters. The molecule has 1 heterocycles. The van der Waals surface area contributed by atoms with E-state index in [4.69, 9.17) is 0 Å². The van der Waals surface area contributed by atoms with Crippen LogP contribution in [-0.2, 0) is 19.4 Å². The smallest absolute Gasteiger partial charge is 0.292 e. The molecule has 0 radical (unpaired) electrons. The summed E-state index contributed by atoms with van der Waals surface area (Å²) in [4.78, 5) is 40.3. The molecule has 0 amide bonds. The molecule has 0 saturated carbocycles. The molecule has 5 nitrogen and oxygen atoms in total. The van der Waals surface area contributed by atoms with Gasteiger partial charge in [0.2, 0.25) is 0 Å². The molecule has 3 aromatic carbocycles. The van der Waals surface area contributed by atoms with Gasteiger partial charge in [-0.2, -0.15) is 0 Å². The van der Waals surface area contributed by atoms with E-state index in [1.54, 1.807) is 0 Å². The Morgan fingerprint density at radius 2 is 1.68 bits per heavy atom. The Bertz CT molecular complexity index is 1380. The van der Waals surface area contributed by atoms with Crippen LogP contribution in [-0.4, -0.2) is 15.3 Å². The van der Waals surface area contributed by atoms with Crippen molar-refractivity contribution >= 4 is 16.6 Å². The van der Waals surface area contributed by atoms with Crippen molar-refractivity contribution in [3.05, 3.63) is 116 Å². The quantitative estimate of drug-likeness (QED) is 0.485. The molecular weight excluding hydrogens is 395 g/mol. The predicted molar refractivity (Wildman–Crippen MR) is 118 cm³/mol. The van der Waals surface area contributed by atoms with E-state index in [1.807, 2.05) is 49.4 Å². The second-order valence-electron chi connectivity index (χ2n) is 7.37. The van der Waals surface area contributed by atoms with E-state index < -0.39 is 17.1 Å². The molecule has 0 fully saturated rings. The molecule has 0 bridgehead atoms. The first-order chi connectivity index (χ1) is 15.0. The lowest BCUT2D eigenvalue weighted by Crippen LogP contribution is -2.37. The Hall–Kier alpha value is -3.80. The zero-order valence-corrected chi connectivity index (χ0v) is 17.0. The van der Waals surface area contributed by atoms with Gasteiger partial charge in [-0.05, 0) is 47.0 Å². The Morgan fingerprint density at radius 1 is 0.968 bits per heavy atom. The van der Waals surface area contributed by atoms with Crippen LogP contribution in [0.1, 0.15) is 34.1 Å². The van der Waals surface area contributed by atoms with Gasteiger partial charge < -0.3 is 0 Å². The molecular formula is C25H21FN2O3. The number of nitrogens with one attached hydrogen (secondary N) is 1. The topological polar surface area (TPSA) is 71.9 Å². The Balaban J connectivity index is 1.82. The van der Waals surface area contributed by atoms with Gasteiger partial charge >= 0.3 is 5.69 Å². The first-order valence-electron chi connectivity index (χ1n) is 10.1. The standard InChI is InChI=1S/C25H21FN2O3/c1-2-20-22(14-18-8-5-7-16-6-3-4-9-21(16)18)28(25(31)27-24(20)30)15-23(29)17-10-12-19(26)13-11-17/h3-13H,2,14-15H2,1H3,(H,27,30,31). The average molecular weight is 416 g/mol. The number of hydrogen-bond acceptors (Lipinski definition) is 3. The number of hydrogen-bond donors (Lipinski definition) is 1. The fourth-order valence-electron chi connectivity index (χ4n) is 3.89. The molecule has 4 rings (SSSR count). The number of aromatic nitrogens is 2. The minimum atomic E-state index is -0.632. The molecule has 6 heteroatoms. The zero-order chi connectivity index (χ0) is 22.0. The summed E-state index contributed by atoms with van der Waals surface area (Å²) < 4.78 is 14.5. The normalized spacial score (nSPS) is 11.0. The van der Waals surface area contributed by atoms with Gasteiger partial charge in [0.1, 0.15) is 5.82 Å². The zero-order valence-electron chi connectivity index (χ0n) is 17.0. The number of rotatable bonds is 6. The van der Waals surface area contributed by atoms with Gasteiger partial charge in [-0.1, -0.05) is 49.4 Å². The number of ketones is 1. The van der Waals surface area contributed by atoms with Crippen LogP contribution in [0, 0.1) is 5.82 Å². The van der Waals surface area contributed by atoms with Gasteiger partial charge in [-0.3, -0.25) is 19.1 Å². The first kappa shape index (κ1) is 20.5. The number of benzene rings is 3. The van der Waals surface area contributed by atoms with Crippen molar-refractivity contribution in [2.75, 3.05) is 0 Å². The Morgan fingerprint density at radius 3 is 2.42 bits per heavy atom. The summed E-state index contributed by atoms with van der Waals surface area (Å²) in [5, 5.41) is 2.08. The van der Waals surface area contributed by atoms with Crippen LogP contribution in [0.15, 0.2) is 76.3 Å². The summed E-state index contributed by atoms with van der Waals surface area (Å²) in [5.74, 6) is -0.780. The molecule has 0 aliphatic carbocycles. The van der Waals surface area contributed by atoms with Crippen molar-refractivity contribution in [3.8, 4) is 0 Å². The average Bonchev–Trinajstić information content (AvgIpc) is 2.77. The van der Waals surface area contributed by atoms with Crippen LogP contribution in [0.3, 0.4) is 0 Å². The number of halogens is 1. The third-order valence-electron chi connectivity index (χ3n) is 5.47. The van der Waals surface area contributed by atoms with Crippen molar-refractivity contribution in [1.29, 1.82) is 0 Å². The maximum atomic E-state index is 13.2.